The van der Waals surface area contributed by atoms with Crippen molar-refractivity contribution in [2.24, 2.45) is 5.92 Å². The average Bonchev–Trinajstić information content (AvgIpc) is 2.26. The van der Waals surface area contributed by atoms with Gasteiger partial charge in [-0.05, 0) is 65.6 Å². The van der Waals surface area contributed by atoms with E-state index in [4.69, 9.17) is 0 Å². The Morgan fingerprint density at radius 2 is 2.25 bits per heavy atom. The maximum atomic E-state index is 4.20. The van der Waals surface area contributed by atoms with Crippen molar-refractivity contribution in [1.29, 1.82) is 0 Å². The molecule has 1 heterocycles. The summed E-state index contributed by atoms with van der Waals surface area (Å²) in [6.07, 6.45) is 5.11. The van der Waals surface area contributed by atoms with E-state index in [1.165, 1.54) is 37.9 Å². The smallest absolute Gasteiger partial charge is 0.00387 e. The molecule has 0 aliphatic carbocycles. The second-order valence-electron chi connectivity index (χ2n) is 5.40. The minimum Gasteiger partial charge on any atom is -0.319 e. The monoisotopic (exact) mass is 224 g/mol. The molecule has 0 aromatic heterocycles. The van der Waals surface area contributed by atoms with Gasteiger partial charge in [0.2, 0.25) is 0 Å². The van der Waals surface area contributed by atoms with Gasteiger partial charge < -0.3 is 10.2 Å². The van der Waals surface area contributed by atoms with Crippen LogP contribution in [-0.2, 0) is 0 Å². The van der Waals surface area contributed by atoms with Crippen LogP contribution in [0.3, 0.4) is 0 Å². The van der Waals surface area contributed by atoms with E-state index in [2.05, 4.69) is 30.6 Å². The number of rotatable bonds is 6. The zero-order valence-electron chi connectivity index (χ0n) is 11.3. The SMILES string of the molecule is C=C(CCNC)CC1CCCN(C(C)C)C1. The fraction of sp³-hybridized carbons (Fsp3) is 0.857. The highest BCUT2D eigenvalue weighted by molar-refractivity contribution is 4.97. The summed E-state index contributed by atoms with van der Waals surface area (Å²) in [4.78, 5) is 2.61. The van der Waals surface area contributed by atoms with Crippen molar-refractivity contribution in [3.63, 3.8) is 0 Å². The number of piperidine rings is 1. The fourth-order valence-electron chi connectivity index (χ4n) is 2.54. The Balaban J connectivity index is 2.28. The van der Waals surface area contributed by atoms with E-state index >= 15 is 0 Å². The van der Waals surface area contributed by atoms with E-state index < -0.39 is 0 Å². The molecule has 0 radical (unpaired) electrons. The number of likely N-dealkylation sites (tertiary alicyclic amines) is 1. The molecule has 1 atom stereocenters. The fourth-order valence-corrected chi connectivity index (χ4v) is 2.54. The summed E-state index contributed by atoms with van der Waals surface area (Å²) in [5, 5.41) is 3.19. The summed E-state index contributed by atoms with van der Waals surface area (Å²) in [6.45, 7) is 12.4. The number of hydrogen-bond acceptors (Lipinski definition) is 2. The molecular formula is C14H28N2. The summed E-state index contributed by atoms with van der Waals surface area (Å²) in [5.74, 6) is 0.848. The molecule has 1 aliphatic rings. The van der Waals surface area contributed by atoms with Crippen LogP contribution in [0.4, 0.5) is 0 Å². The highest BCUT2D eigenvalue weighted by Crippen LogP contribution is 2.24. The van der Waals surface area contributed by atoms with Crippen molar-refractivity contribution < 1.29 is 0 Å². The van der Waals surface area contributed by atoms with Gasteiger partial charge in [-0.15, -0.1) is 0 Å². The largest absolute Gasteiger partial charge is 0.319 e. The van der Waals surface area contributed by atoms with Crippen molar-refractivity contribution in [2.75, 3.05) is 26.7 Å². The van der Waals surface area contributed by atoms with Gasteiger partial charge in [0.1, 0.15) is 0 Å². The third-order valence-electron chi connectivity index (χ3n) is 3.59. The maximum Gasteiger partial charge on any atom is 0.00387 e. The summed E-state index contributed by atoms with van der Waals surface area (Å²) in [5.41, 5.74) is 1.42. The Morgan fingerprint density at radius 3 is 2.88 bits per heavy atom. The van der Waals surface area contributed by atoms with Crippen LogP contribution in [0.15, 0.2) is 12.2 Å². The van der Waals surface area contributed by atoms with Crippen LogP contribution in [-0.4, -0.2) is 37.6 Å². The quantitative estimate of drug-likeness (QED) is 0.698. The van der Waals surface area contributed by atoms with E-state index in [1.54, 1.807) is 0 Å². The van der Waals surface area contributed by atoms with Crippen LogP contribution >= 0.6 is 0 Å². The predicted molar refractivity (Wildman–Crippen MR) is 71.7 cm³/mol. The second kappa shape index (κ2) is 7.08. The van der Waals surface area contributed by atoms with Crippen LogP contribution in [0.25, 0.3) is 0 Å². The van der Waals surface area contributed by atoms with Crippen LogP contribution in [0.5, 0.6) is 0 Å². The van der Waals surface area contributed by atoms with Crippen LogP contribution in [0, 0.1) is 5.92 Å². The summed E-state index contributed by atoms with van der Waals surface area (Å²) in [6, 6.07) is 0.702. The van der Waals surface area contributed by atoms with Crippen molar-refractivity contribution in [3.8, 4) is 0 Å². The molecule has 0 bridgehead atoms. The molecule has 1 fully saturated rings. The van der Waals surface area contributed by atoms with Gasteiger partial charge in [0.15, 0.2) is 0 Å². The number of nitrogens with one attached hydrogen (secondary N) is 1. The first-order valence-corrected chi connectivity index (χ1v) is 6.68. The van der Waals surface area contributed by atoms with Crippen LogP contribution < -0.4 is 5.32 Å². The molecule has 0 spiro atoms. The Hall–Kier alpha value is -0.340. The highest BCUT2D eigenvalue weighted by Gasteiger charge is 2.21. The van der Waals surface area contributed by atoms with Gasteiger partial charge in [0, 0.05) is 12.6 Å². The molecule has 1 rings (SSSR count). The lowest BCUT2D eigenvalue weighted by atomic mass is 9.90. The molecule has 2 nitrogen and oxygen atoms in total. The van der Waals surface area contributed by atoms with Crippen molar-refractivity contribution in [1.82, 2.24) is 10.2 Å². The standard InChI is InChI=1S/C14H28N2/c1-12(2)16-9-5-6-14(11-16)10-13(3)7-8-15-4/h12,14-15H,3,5-11H2,1-2,4H3. The topological polar surface area (TPSA) is 15.3 Å². The van der Waals surface area contributed by atoms with Gasteiger partial charge in [-0.2, -0.15) is 0 Å². The van der Waals surface area contributed by atoms with Gasteiger partial charge in [-0.25, -0.2) is 0 Å². The number of nitrogens with zero attached hydrogens (tertiary/aromatic N) is 1. The molecule has 94 valence electrons. The van der Waals surface area contributed by atoms with Crippen molar-refractivity contribution in [2.45, 2.75) is 45.6 Å². The van der Waals surface area contributed by atoms with E-state index in [-0.39, 0.29) is 0 Å². The first-order chi connectivity index (χ1) is 7.63. The van der Waals surface area contributed by atoms with E-state index in [0.717, 1.165) is 18.9 Å². The molecule has 0 amide bonds. The Morgan fingerprint density at radius 1 is 1.50 bits per heavy atom. The van der Waals surface area contributed by atoms with Gasteiger partial charge in [0.25, 0.3) is 0 Å². The molecule has 0 saturated carbocycles. The molecule has 2 heteroatoms. The first-order valence-electron chi connectivity index (χ1n) is 6.68. The Bertz CT molecular complexity index is 211. The minimum atomic E-state index is 0.702. The second-order valence-corrected chi connectivity index (χ2v) is 5.40. The molecule has 16 heavy (non-hydrogen) atoms. The van der Waals surface area contributed by atoms with Crippen molar-refractivity contribution >= 4 is 0 Å². The normalized spacial score (nSPS) is 22.6. The lowest BCUT2D eigenvalue weighted by Gasteiger charge is -2.35. The molecule has 1 N–H and O–H groups in total. The third kappa shape index (κ3) is 4.67. The first kappa shape index (κ1) is 13.7. The lowest BCUT2D eigenvalue weighted by molar-refractivity contribution is 0.139. The predicted octanol–water partition coefficient (Wildman–Crippen LogP) is 2.66. The summed E-state index contributed by atoms with van der Waals surface area (Å²) in [7, 11) is 2.01. The molecule has 0 aromatic carbocycles. The molecule has 1 aliphatic heterocycles. The summed E-state index contributed by atoms with van der Waals surface area (Å²) < 4.78 is 0. The van der Waals surface area contributed by atoms with E-state index in [1.807, 2.05) is 7.05 Å². The highest BCUT2D eigenvalue weighted by atomic mass is 15.2. The van der Waals surface area contributed by atoms with Gasteiger partial charge in [-0.3, -0.25) is 0 Å². The number of hydrogen-bond donors (Lipinski definition) is 1. The maximum absolute atomic E-state index is 4.20. The van der Waals surface area contributed by atoms with Crippen LogP contribution in [0.1, 0.15) is 39.5 Å². The zero-order chi connectivity index (χ0) is 12.0. The van der Waals surface area contributed by atoms with E-state index in [0.29, 0.717) is 6.04 Å². The Kier molecular flexibility index (Phi) is 6.07. The third-order valence-corrected chi connectivity index (χ3v) is 3.59. The minimum absolute atomic E-state index is 0.702. The van der Waals surface area contributed by atoms with Gasteiger partial charge in [-0.1, -0.05) is 12.2 Å². The molecular weight excluding hydrogens is 196 g/mol. The summed E-state index contributed by atoms with van der Waals surface area (Å²) >= 11 is 0. The molecule has 0 aromatic rings. The average molecular weight is 224 g/mol. The van der Waals surface area contributed by atoms with E-state index in [9.17, 15) is 0 Å². The van der Waals surface area contributed by atoms with Crippen molar-refractivity contribution in [3.05, 3.63) is 12.2 Å². The zero-order valence-corrected chi connectivity index (χ0v) is 11.3. The van der Waals surface area contributed by atoms with Gasteiger partial charge >= 0.3 is 0 Å². The van der Waals surface area contributed by atoms with Crippen LogP contribution in [0.2, 0.25) is 0 Å². The molecule has 1 unspecified atom stereocenters. The molecule has 1 saturated heterocycles. The lowest BCUT2D eigenvalue weighted by Crippen LogP contribution is -2.40. The Labute approximate surface area is 101 Å². The van der Waals surface area contributed by atoms with Gasteiger partial charge in [0.05, 0.1) is 0 Å².